The third-order valence-corrected chi connectivity index (χ3v) is 3.57. The van der Waals surface area contributed by atoms with Crippen LogP contribution < -0.4 is 5.32 Å². The van der Waals surface area contributed by atoms with Crippen LogP contribution in [0, 0.1) is 0 Å². The van der Waals surface area contributed by atoms with Gasteiger partial charge in [0.15, 0.2) is 0 Å². The number of rotatable bonds is 4. The maximum absolute atomic E-state index is 12.0. The van der Waals surface area contributed by atoms with E-state index in [2.05, 4.69) is 10.3 Å². The molecule has 0 aliphatic carbocycles. The molecule has 1 amide bonds. The molecule has 116 valence electrons. The van der Waals surface area contributed by atoms with Crippen LogP contribution in [0.4, 0.5) is 0 Å². The van der Waals surface area contributed by atoms with Gasteiger partial charge in [0.1, 0.15) is 10.3 Å². The molecule has 4 nitrogen and oxygen atoms in total. The van der Waals surface area contributed by atoms with Crippen molar-refractivity contribution in [2.24, 2.45) is 0 Å². The van der Waals surface area contributed by atoms with Crippen LogP contribution in [0.5, 0.6) is 0 Å². The number of benzene rings is 1. The molecule has 0 bridgehead atoms. The number of aliphatic hydroxyl groups excluding tert-OH is 1. The number of hydrogen-bond acceptors (Lipinski definition) is 3. The molecule has 0 saturated heterocycles. The Hall–Kier alpha value is -1.04. The number of aromatic nitrogens is 1. The van der Waals surface area contributed by atoms with Crippen molar-refractivity contribution in [2.45, 2.75) is 6.10 Å². The molecule has 1 unspecified atom stereocenters. The molecular formula is C14H10Cl4N2O2. The van der Waals surface area contributed by atoms with Crippen LogP contribution >= 0.6 is 46.4 Å². The Morgan fingerprint density at radius 1 is 1.05 bits per heavy atom. The van der Waals surface area contributed by atoms with Crippen LogP contribution in [0.25, 0.3) is 0 Å². The van der Waals surface area contributed by atoms with Crippen LogP contribution in [0.2, 0.25) is 20.4 Å². The number of nitrogens with one attached hydrogen (secondary N) is 1. The summed E-state index contributed by atoms with van der Waals surface area (Å²) in [6, 6.07) is 7.46. The first-order valence-corrected chi connectivity index (χ1v) is 7.61. The van der Waals surface area contributed by atoms with E-state index in [4.69, 9.17) is 46.4 Å². The number of nitrogens with zero attached hydrogens (tertiary/aromatic N) is 1. The highest BCUT2D eigenvalue weighted by molar-refractivity contribution is 6.34. The standard InChI is InChI=1S/C14H10Cl4N2O2/c15-9-1-7(2-10(16)5-9)11(21)6-19-14(22)8-3-12(17)20-13(18)4-8/h1-5,11,21H,6H2,(H,19,22). The zero-order chi connectivity index (χ0) is 16.3. The van der Waals surface area contributed by atoms with Gasteiger partial charge in [-0.15, -0.1) is 0 Å². The molecule has 1 heterocycles. The Morgan fingerprint density at radius 2 is 1.59 bits per heavy atom. The molecule has 2 N–H and O–H groups in total. The van der Waals surface area contributed by atoms with E-state index in [1.165, 1.54) is 12.1 Å². The maximum atomic E-state index is 12.0. The average molecular weight is 380 g/mol. The number of carbonyl (C=O) groups excluding carboxylic acids is 1. The number of halogens is 4. The van der Waals surface area contributed by atoms with Crippen molar-refractivity contribution in [1.29, 1.82) is 0 Å². The molecule has 0 fully saturated rings. The number of pyridine rings is 1. The van der Waals surface area contributed by atoms with Crippen molar-refractivity contribution in [3.63, 3.8) is 0 Å². The number of aliphatic hydroxyl groups is 1. The number of carbonyl (C=O) groups is 1. The van der Waals surface area contributed by atoms with Gasteiger partial charge in [0, 0.05) is 22.2 Å². The Kier molecular flexibility index (Phi) is 5.89. The second kappa shape index (κ2) is 7.49. The number of amides is 1. The van der Waals surface area contributed by atoms with E-state index in [-0.39, 0.29) is 22.4 Å². The van der Waals surface area contributed by atoms with Gasteiger partial charge in [0.25, 0.3) is 5.91 Å². The highest BCUT2D eigenvalue weighted by Gasteiger charge is 2.13. The second-order valence-electron chi connectivity index (χ2n) is 4.43. The predicted octanol–water partition coefficient (Wildman–Crippen LogP) is 4.16. The van der Waals surface area contributed by atoms with Gasteiger partial charge in [-0.3, -0.25) is 4.79 Å². The smallest absolute Gasteiger partial charge is 0.251 e. The SMILES string of the molecule is O=C(NCC(O)c1cc(Cl)cc(Cl)c1)c1cc(Cl)nc(Cl)c1. The van der Waals surface area contributed by atoms with E-state index < -0.39 is 12.0 Å². The molecule has 8 heteroatoms. The average Bonchev–Trinajstić information content (AvgIpc) is 2.42. The minimum absolute atomic E-state index is 0.0208. The van der Waals surface area contributed by atoms with Crippen molar-refractivity contribution in [3.8, 4) is 0 Å². The summed E-state index contributed by atoms with van der Waals surface area (Å²) in [5.74, 6) is -0.432. The second-order valence-corrected chi connectivity index (χ2v) is 6.08. The third kappa shape index (κ3) is 4.73. The van der Waals surface area contributed by atoms with Crippen molar-refractivity contribution in [3.05, 3.63) is 61.8 Å². The predicted molar refractivity (Wildman–Crippen MR) is 88.0 cm³/mol. The van der Waals surface area contributed by atoms with Gasteiger partial charge < -0.3 is 10.4 Å². The normalized spacial score (nSPS) is 12.0. The van der Waals surface area contributed by atoms with Gasteiger partial charge in [-0.1, -0.05) is 46.4 Å². The van der Waals surface area contributed by atoms with Crippen LogP contribution in [-0.2, 0) is 0 Å². The fraction of sp³-hybridized carbons (Fsp3) is 0.143. The monoisotopic (exact) mass is 378 g/mol. The molecular weight excluding hydrogens is 370 g/mol. The van der Waals surface area contributed by atoms with Crippen LogP contribution in [0.15, 0.2) is 30.3 Å². The van der Waals surface area contributed by atoms with E-state index in [1.807, 2.05) is 0 Å². The van der Waals surface area contributed by atoms with Gasteiger partial charge in [0.2, 0.25) is 0 Å². The molecule has 22 heavy (non-hydrogen) atoms. The summed E-state index contributed by atoms with van der Waals surface area (Å²) in [6.07, 6.45) is -0.951. The lowest BCUT2D eigenvalue weighted by atomic mass is 10.1. The largest absolute Gasteiger partial charge is 0.387 e. The van der Waals surface area contributed by atoms with Gasteiger partial charge in [-0.25, -0.2) is 4.98 Å². The highest BCUT2D eigenvalue weighted by Crippen LogP contribution is 2.23. The van der Waals surface area contributed by atoms with Crippen molar-refractivity contribution >= 4 is 52.3 Å². The fourth-order valence-electron chi connectivity index (χ4n) is 1.77. The lowest BCUT2D eigenvalue weighted by Gasteiger charge is -2.13. The summed E-state index contributed by atoms with van der Waals surface area (Å²) in [5, 5.41) is 13.7. The Labute approximate surface area is 147 Å². The lowest BCUT2D eigenvalue weighted by Crippen LogP contribution is -2.28. The summed E-state index contributed by atoms with van der Waals surface area (Å²) in [4.78, 5) is 15.8. The molecule has 1 aromatic carbocycles. The summed E-state index contributed by atoms with van der Waals surface area (Å²) in [5.41, 5.74) is 0.755. The van der Waals surface area contributed by atoms with Gasteiger partial charge in [0.05, 0.1) is 6.10 Å². The molecule has 0 radical (unpaired) electrons. The third-order valence-electron chi connectivity index (χ3n) is 2.75. The fourth-order valence-corrected chi connectivity index (χ4v) is 2.78. The first-order valence-electron chi connectivity index (χ1n) is 6.10. The molecule has 0 saturated carbocycles. The molecule has 2 aromatic rings. The summed E-state index contributed by atoms with van der Waals surface area (Å²) < 4.78 is 0. The zero-order valence-electron chi connectivity index (χ0n) is 11.0. The van der Waals surface area contributed by atoms with E-state index >= 15 is 0 Å². The molecule has 0 spiro atoms. The van der Waals surface area contributed by atoms with E-state index in [0.29, 0.717) is 15.6 Å². The number of hydrogen-bond donors (Lipinski definition) is 2. The Bertz CT molecular complexity index is 669. The first kappa shape index (κ1) is 17.3. The summed E-state index contributed by atoms with van der Waals surface area (Å²) >= 11 is 23.2. The topological polar surface area (TPSA) is 62.2 Å². The molecule has 0 aliphatic heterocycles. The van der Waals surface area contributed by atoms with Crippen molar-refractivity contribution < 1.29 is 9.90 Å². The minimum Gasteiger partial charge on any atom is -0.387 e. The molecule has 0 aliphatic rings. The van der Waals surface area contributed by atoms with E-state index in [1.54, 1.807) is 18.2 Å². The summed E-state index contributed by atoms with van der Waals surface area (Å²) in [7, 11) is 0. The van der Waals surface area contributed by atoms with Crippen molar-refractivity contribution in [2.75, 3.05) is 6.54 Å². The Morgan fingerprint density at radius 3 is 2.14 bits per heavy atom. The quantitative estimate of drug-likeness (QED) is 0.784. The van der Waals surface area contributed by atoms with E-state index in [9.17, 15) is 9.90 Å². The van der Waals surface area contributed by atoms with Gasteiger partial charge in [-0.2, -0.15) is 0 Å². The Balaban J connectivity index is 2.04. The first-order chi connectivity index (χ1) is 10.3. The van der Waals surface area contributed by atoms with Crippen LogP contribution in [0.1, 0.15) is 22.0 Å². The van der Waals surface area contributed by atoms with Gasteiger partial charge >= 0.3 is 0 Å². The molecule has 1 atom stereocenters. The van der Waals surface area contributed by atoms with E-state index in [0.717, 1.165) is 0 Å². The summed E-state index contributed by atoms with van der Waals surface area (Å²) in [6.45, 7) is -0.0208. The molecule has 1 aromatic heterocycles. The minimum atomic E-state index is -0.951. The zero-order valence-corrected chi connectivity index (χ0v) is 14.0. The highest BCUT2D eigenvalue weighted by atomic mass is 35.5. The lowest BCUT2D eigenvalue weighted by molar-refractivity contribution is 0.0916. The van der Waals surface area contributed by atoms with Gasteiger partial charge in [-0.05, 0) is 35.9 Å². The maximum Gasteiger partial charge on any atom is 0.251 e. The molecule has 2 rings (SSSR count). The van der Waals surface area contributed by atoms with Crippen molar-refractivity contribution in [1.82, 2.24) is 10.3 Å². The van der Waals surface area contributed by atoms with Crippen LogP contribution in [0.3, 0.4) is 0 Å². The van der Waals surface area contributed by atoms with Crippen LogP contribution in [-0.4, -0.2) is 22.5 Å².